The van der Waals surface area contributed by atoms with Crippen LogP contribution in [0.15, 0.2) is 60.7 Å². The van der Waals surface area contributed by atoms with Crippen LogP contribution in [0.25, 0.3) is 5.57 Å². The molecule has 0 unspecified atom stereocenters. The SMILES string of the molecule is C/C(=C/C(=O)Nc1ccc(OCCO)cc1)c1ccccc1. The molecule has 0 atom stereocenters. The number of hydrogen-bond acceptors (Lipinski definition) is 3. The molecule has 0 heterocycles. The first-order valence-electron chi connectivity index (χ1n) is 7.07. The first-order chi connectivity index (χ1) is 10.7. The lowest BCUT2D eigenvalue weighted by molar-refractivity contribution is -0.111. The highest BCUT2D eigenvalue weighted by atomic mass is 16.5. The van der Waals surface area contributed by atoms with Crippen molar-refractivity contribution < 1.29 is 14.6 Å². The summed E-state index contributed by atoms with van der Waals surface area (Å²) in [6, 6.07) is 16.8. The van der Waals surface area contributed by atoms with E-state index in [1.165, 1.54) is 0 Å². The summed E-state index contributed by atoms with van der Waals surface area (Å²) in [7, 11) is 0. The van der Waals surface area contributed by atoms with Gasteiger partial charge in [-0.3, -0.25) is 4.79 Å². The predicted molar refractivity (Wildman–Crippen MR) is 87.7 cm³/mol. The zero-order valence-corrected chi connectivity index (χ0v) is 12.5. The molecular weight excluding hydrogens is 278 g/mol. The minimum Gasteiger partial charge on any atom is -0.491 e. The third-order valence-corrected chi connectivity index (χ3v) is 3.06. The van der Waals surface area contributed by atoms with Crippen molar-refractivity contribution in [2.75, 3.05) is 18.5 Å². The summed E-state index contributed by atoms with van der Waals surface area (Å²) in [5.74, 6) is 0.480. The quantitative estimate of drug-likeness (QED) is 0.806. The van der Waals surface area contributed by atoms with Gasteiger partial charge in [0.25, 0.3) is 0 Å². The first kappa shape index (κ1) is 15.8. The van der Waals surface area contributed by atoms with Crippen molar-refractivity contribution in [3.8, 4) is 5.75 Å². The van der Waals surface area contributed by atoms with Crippen LogP contribution in [0.2, 0.25) is 0 Å². The first-order valence-corrected chi connectivity index (χ1v) is 7.07. The van der Waals surface area contributed by atoms with Crippen molar-refractivity contribution in [2.45, 2.75) is 6.92 Å². The summed E-state index contributed by atoms with van der Waals surface area (Å²) in [5, 5.41) is 11.5. The van der Waals surface area contributed by atoms with Crippen molar-refractivity contribution in [3.63, 3.8) is 0 Å². The fraction of sp³-hybridized carbons (Fsp3) is 0.167. The van der Waals surface area contributed by atoms with Crippen LogP contribution in [0.1, 0.15) is 12.5 Å². The van der Waals surface area contributed by atoms with Gasteiger partial charge in [0.1, 0.15) is 12.4 Å². The number of ether oxygens (including phenoxy) is 1. The van der Waals surface area contributed by atoms with E-state index in [4.69, 9.17) is 9.84 Å². The maximum atomic E-state index is 12.0. The van der Waals surface area contributed by atoms with E-state index < -0.39 is 0 Å². The average Bonchev–Trinajstić information content (AvgIpc) is 2.55. The summed E-state index contributed by atoms with van der Waals surface area (Å²) in [4.78, 5) is 12.0. The lowest BCUT2D eigenvalue weighted by Crippen LogP contribution is -2.08. The summed E-state index contributed by atoms with van der Waals surface area (Å²) in [6.45, 7) is 2.13. The summed E-state index contributed by atoms with van der Waals surface area (Å²) in [6.07, 6.45) is 1.57. The fourth-order valence-electron chi connectivity index (χ4n) is 1.96. The number of hydrogen-bond donors (Lipinski definition) is 2. The molecule has 2 rings (SSSR count). The van der Waals surface area contributed by atoms with Gasteiger partial charge in [-0.2, -0.15) is 0 Å². The minimum absolute atomic E-state index is 0.0257. The highest BCUT2D eigenvalue weighted by molar-refractivity contribution is 6.03. The second-order valence-electron chi connectivity index (χ2n) is 4.78. The number of carbonyl (C=O) groups excluding carboxylic acids is 1. The van der Waals surface area contributed by atoms with Gasteiger partial charge in [-0.1, -0.05) is 30.3 Å². The van der Waals surface area contributed by atoms with Gasteiger partial charge in [0, 0.05) is 11.8 Å². The Morgan fingerprint density at radius 2 is 1.82 bits per heavy atom. The molecule has 0 aromatic heterocycles. The Kier molecular flexibility index (Phi) is 5.74. The van der Waals surface area contributed by atoms with Crippen molar-refractivity contribution in [1.82, 2.24) is 0 Å². The van der Waals surface area contributed by atoms with Crippen molar-refractivity contribution in [1.29, 1.82) is 0 Å². The van der Waals surface area contributed by atoms with Crippen LogP contribution in [0, 0.1) is 0 Å². The van der Waals surface area contributed by atoms with Crippen LogP contribution in [-0.4, -0.2) is 24.2 Å². The number of aliphatic hydroxyl groups excluding tert-OH is 1. The molecule has 4 nitrogen and oxygen atoms in total. The van der Waals surface area contributed by atoms with Crippen molar-refractivity contribution in [2.24, 2.45) is 0 Å². The van der Waals surface area contributed by atoms with Crippen molar-refractivity contribution >= 4 is 17.2 Å². The van der Waals surface area contributed by atoms with Crippen LogP contribution in [0.4, 0.5) is 5.69 Å². The van der Waals surface area contributed by atoms with E-state index in [2.05, 4.69) is 5.32 Å². The number of amides is 1. The Morgan fingerprint density at radius 1 is 1.14 bits per heavy atom. The second kappa shape index (κ2) is 8.00. The molecule has 0 aliphatic carbocycles. The molecule has 0 spiro atoms. The van der Waals surface area contributed by atoms with Gasteiger partial charge in [0.2, 0.25) is 5.91 Å². The van der Waals surface area contributed by atoms with Crippen molar-refractivity contribution in [3.05, 3.63) is 66.2 Å². The Labute approximate surface area is 130 Å². The van der Waals surface area contributed by atoms with E-state index in [0.717, 1.165) is 11.1 Å². The highest BCUT2D eigenvalue weighted by Gasteiger charge is 2.02. The summed E-state index contributed by atoms with van der Waals surface area (Å²) in [5.41, 5.74) is 2.62. The fourth-order valence-corrected chi connectivity index (χ4v) is 1.96. The zero-order chi connectivity index (χ0) is 15.8. The molecule has 0 fully saturated rings. The van der Waals surface area contributed by atoms with Gasteiger partial charge >= 0.3 is 0 Å². The Morgan fingerprint density at radius 3 is 2.45 bits per heavy atom. The van der Waals surface area contributed by atoms with E-state index in [-0.39, 0.29) is 19.1 Å². The molecule has 0 bridgehead atoms. The van der Waals surface area contributed by atoms with Crippen LogP contribution < -0.4 is 10.1 Å². The van der Waals surface area contributed by atoms with E-state index in [9.17, 15) is 4.79 Å². The molecule has 22 heavy (non-hydrogen) atoms. The number of benzene rings is 2. The van der Waals surface area contributed by atoms with Crippen LogP contribution in [0.3, 0.4) is 0 Å². The molecule has 0 aliphatic rings. The standard InChI is InChI=1S/C18H19NO3/c1-14(15-5-3-2-4-6-15)13-18(21)19-16-7-9-17(10-8-16)22-12-11-20/h2-10,13,20H,11-12H2,1H3,(H,19,21)/b14-13-. The van der Waals surface area contributed by atoms with Crippen LogP contribution in [-0.2, 0) is 4.79 Å². The molecule has 0 saturated carbocycles. The molecule has 1 amide bonds. The van der Waals surface area contributed by atoms with Gasteiger partial charge < -0.3 is 15.2 Å². The maximum absolute atomic E-state index is 12.0. The lowest BCUT2D eigenvalue weighted by atomic mass is 10.1. The molecule has 2 N–H and O–H groups in total. The Balaban J connectivity index is 1.97. The van der Waals surface area contributed by atoms with Crippen LogP contribution >= 0.6 is 0 Å². The van der Waals surface area contributed by atoms with Gasteiger partial charge in [-0.25, -0.2) is 0 Å². The lowest BCUT2D eigenvalue weighted by Gasteiger charge is -2.07. The van der Waals surface area contributed by atoms with Gasteiger partial charge in [0.15, 0.2) is 0 Å². The average molecular weight is 297 g/mol. The molecule has 0 radical (unpaired) electrons. The second-order valence-corrected chi connectivity index (χ2v) is 4.78. The normalized spacial score (nSPS) is 11.1. The molecule has 4 heteroatoms. The number of anilines is 1. The van der Waals surface area contributed by atoms with E-state index >= 15 is 0 Å². The molecule has 2 aromatic rings. The van der Waals surface area contributed by atoms with Gasteiger partial charge in [0.05, 0.1) is 6.61 Å². The molecular formula is C18H19NO3. The zero-order valence-electron chi connectivity index (χ0n) is 12.5. The number of aliphatic hydroxyl groups is 1. The topological polar surface area (TPSA) is 58.6 Å². The molecule has 0 saturated heterocycles. The summed E-state index contributed by atoms with van der Waals surface area (Å²) < 4.78 is 5.26. The maximum Gasteiger partial charge on any atom is 0.248 e. The number of rotatable bonds is 6. The van der Waals surface area contributed by atoms with Gasteiger partial charge in [-0.05, 0) is 42.3 Å². The van der Waals surface area contributed by atoms with E-state index in [1.807, 2.05) is 37.3 Å². The molecule has 2 aromatic carbocycles. The van der Waals surface area contributed by atoms with Gasteiger partial charge in [-0.15, -0.1) is 0 Å². The Hall–Kier alpha value is -2.59. The largest absolute Gasteiger partial charge is 0.491 e. The minimum atomic E-state index is -0.176. The smallest absolute Gasteiger partial charge is 0.248 e. The number of nitrogens with one attached hydrogen (secondary N) is 1. The number of carbonyl (C=O) groups is 1. The van der Waals surface area contributed by atoms with Crippen LogP contribution in [0.5, 0.6) is 5.75 Å². The third-order valence-electron chi connectivity index (χ3n) is 3.06. The van der Waals surface area contributed by atoms with E-state index in [0.29, 0.717) is 11.4 Å². The number of allylic oxidation sites excluding steroid dienone is 1. The summed E-state index contributed by atoms with van der Waals surface area (Å²) >= 11 is 0. The Bertz CT molecular complexity index is 633. The molecule has 114 valence electrons. The predicted octanol–water partition coefficient (Wildman–Crippen LogP) is 3.10. The van der Waals surface area contributed by atoms with E-state index in [1.54, 1.807) is 30.3 Å². The third kappa shape index (κ3) is 4.75. The monoisotopic (exact) mass is 297 g/mol. The highest BCUT2D eigenvalue weighted by Crippen LogP contribution is 2.17. The molecule has 0 aliphatic heterocycles.